The van der Waals surface area contributed by atoms with Crippen molar-refractivity contribution >= 4 is 28.8 Å². The van der Waals surface area contributed by atoms with Gasteiger partial charge < -0.3 is 9.64 Å². The molecule has 0 fully saturated rings. The normalized spacial score (nSPS) is 10.6. The van der Waals surface area contributed by atoms with Crippen LogP contribution in [0.3, 0.4) is 0 Å². The van der Waals surface area contributed by atoms with Crippen LogP contribution in [0, 0.1) is 0 Å². The highest BCUT2D eigenvalue weighted by molar-refractivity contribution is 7.13. The summed E-state index contributed by atoms with van der Waals surface area (Å²) in [5.74, 6) is 1.12. The molecule has 2 heterocycles. The van der Waals surface area contributed by atoms with Crippen LogP contribution in [-0.2, 0) is 11.3 Å². The van der Waals surface area contributed by atoms with E-state index in [2.05, 4.69) is 15.4 Å². The third kappa shape index (κ3) is 4.77. The van der Waals surface area contributed by atoms with Gasteiger partial charge in [0.15, 0.2) is 0 Å². The average Bonchev–Trinajstić information content (AvgIpc) is 3.27. The number of halogens is 1. The second kappa shape index (κ2) is 8.09. The van der Waals surface area contributed by atoms with Crippen LogP contribution < -0.4 is 4.74 Å². The zero-order valence-corrected chi connectivity index (χ0v) is 15.1. The highest BCUT2D eigenvalue weighted by atomic mass is 35.5. The number of carbonyl (C=O) groups excluding carboxylic acids is 1. The van der Waals surface area contributed by atoms with Crippen molar-refractivity contribution in [1.29, 1.82) is 0 Å². The molecule has 25 heavy (non-hydrogen) atoms. The van der Waals surface area contributed by atoms with Crippen molar-refractivity contribution in [2.24, 2.45) is 0 Å². The van der Waals surface area contributed by atoms with E-state index in [1.165, 1.54) is 16.1 Å². The summed E-state index contributed by atoms with van der Waals surface area (Å²) >= 11 is 7.35. The predicted molar refractivity (Wildman–Crippen MR) is 95.7 cm³/mol. The van der Waals surface area contributed by atoms with Crippen LogP contribution in [-0.4, -0.2) is 51.2 Å². The van der Waals surface area contributed by atoms with Crippen molar-refractivity contribution in [3.05, 3.63) is 46.8 Å². The third-order valence-corrected chi connectivity index (χ3v) is 4.52. The molecule has 0 unspecified atom stereocenters. The minimum Gasteiger partial charge on any atom is -0.492 e. The molecule has 2 aromatic heterocycles. The number of hydrogen-bond donors (Lipinski definition) is 0. The second-order valence-electron chi connectivity index (χ2n) is 5.24. The molecule has 0 bridgehead atoms. The fourth-order valence-electron chi connectivity index (χ4n) is 2.01. The number of thiophene rings is 1. The number of nitrogens with zero attached hydrogens (tertiary/aromatic N) is 5. The molecule has 0 saturated heterocycles. The van der Waals surface area contributed by atoms with Crippen molar-refractivity contribution < 1.29 is 9.53 Å². The first-order chi connectivity index (χ1) is 12.1. The second-order valence-corrected chi connectivity index (χ2v) is 6.62. The van der Waals surface area contributed by atoms with Crippen LogP contribution in [0.4, 0.5) is 0 Å². The van der Waals surface area contributed by atoms with E-state index >= 15 is 0 Å². The zero-order chi connectivity index (χ0) is 17.6. The Bertz CT molecular complexity index is 819. The van der Waals surface area contributed by atoms with Crippen LogP contribution >= 0.6 is 22.9 Å². The molecule has 0 N–H and O–H groups in total. The standard InChI is InChI=1S/C16H16ClN5O2S/c1-21(8-9-24-13-6-4-12(17)5-7-13)15(23)11-22-19-16(18-20-22)14-3-2-10-25-14/h2-7,10H,8-9,11H2,1H3. The van der Waals surface area contributed by atoms with Crippen LogP contribution in [0.2, 0.25) is 5.02 Å². The Hall–Kier alpha value is -2.45. The number of benzene rings is 1. The maximum atomic E-state index is 12.2. The van der Waals surface area contributed by atoms with E-state index in [0.717, 1.165) is 4.88 Å². The van der Waals surface area contributed by atoms with Gasteiger partial charge in [0.2, 0.25) is 11.7 Å². The van der Waals surface area contributed by atoms with E-state index < -0.39 is 0 Å². The Kier molecular flexibility index (Phi) is 5.62. The summed E-state index contributed by atoms with van der Waals surface area (Å²) in [6.45, 7) is 0.874. The van der Waals surface area contributed by atoms with Gasteiger partial charge in [0.1, 0.15) is 18.9 Å². The summed E-state index contributed by atoms with van der Waals surface area (Å²) in [6, 6.07) is 10.9. The van der Waals surface area contributed by atoms with Crippen molar-refractivity contribution in [3.8, 4) is 16.5 Å². The molecular formula is C16H16ClN5O2S. The molecule has 0 saturated carbocycles. The number of hydrogen-bond acceptors (Lipinski definition) is 6. The van der Waals surface area contributed by atoms with Crippen LogP contribution in [0.5, 0.6) is 5.75 Å². The molecule has 0 aliphatic rings. The Morgan fingerprint density at radius 1 is 1.32 bits per heavy atom. The molecule has 7 nitrogen and oxygen atoms in total. The first-order valence-corrected chi connectivity index (χ1v) is 8.81. The van der Waals surface area contributed by atoms with E-state index in [1.54, 1.807) is 36.2 Å². The SMILES string of the molecule is CN(CCOc1ccc(Cl)cc1)C(=O)Cn1nnc(-c2cccs2)n1. The Morgan fingerprint density at radius 2 is 2.12 bits per heavy atom. The zero-order valence-electron chi connectivity index (χ0n) is 13.5. The number of likely N-dealkylation sites (N-methyl/N-ethyl adjacent to an activating group) is 1. The number of carbonyl (C=O) groups is 1. The Morgan fingerprint density at radius 3 is 2.84 bits per heavy atom. The molecule has 1 aromatic carbocycles. The van der Waals surface area contributed by atoms with Crippen molar-refractivity contribution in [2.75, 3.05) is 20.2 Å². The molecule has 0 spiro atoms. The highest BCUT2D eigenvalue weighted by Gasteiger charge is 2.13. The third-order valence-electron chi connectivity index (χ3n) is 3.41. The molecule has 3 rings (SSSR count). The Labute approximate surface area is 153 Å². The number of aromatic nitrogens is 4. The summed E-state index contributed by atoms with van der Waals surface area (Å²) in [7, 11) is 1.71. The quantitative estimate of drug-likeness (QED) is 0.632. The number of tetrazole rings is 1. The fourth-order valence-corrected chi connectivity index (χ4v) is 2.79. The molecular weight excluding hydrogens is 362 g/mol. The van der Waals surface area contributed by atoms with Gasteiger partial charge >= 0.3 is 0 Å². The first kappa shape index (κ1) is 17.4. The number of ether oxygens (including phenoxy) is 1. The molecule has 0 aliphatic heterocycles. The van der Waals surface area contributed by atoms with Crippen LogP contribution in [0.25, 0.3) is 10.7 Å². The summed E-state index contributed by atoms with van der Waals surface area (Å²) < 4.78 is 5.58. The van der Waals surface area contributed by atoms with Gasteiger partial charge in [-0.2, -0.15) is 4.80 Å². The minimum atomic E-state index is -0.116. The largest absolute Gasteiger partial charge is 0.492 e. The fraction of sp³-hybridized carbons (Fsp3) is 0.250. The van der Waals surface area contributed by atoms with Crippen molar-refractivity contribution in [2.45, 2.75) is 6.54 Å². The van der Waals surface area contributed by atoms with Gasteiger partial charge in [0, 0.05) is 12.1 Å². The molecule has 9 heteroatoms. The molecule has 1 amide bonds. The van der Waals surface area contributed by atoms with Crippen LogP contribution in [0.15, 0.2) is 41.8 Å². The summed E-state index contributed by atoms with van der Waals surface area (Å²) in [5, 5.41) is 14.7. The summed E-state index contributed by atoms with van der Waals surface area (Å²) in [5.41, 5.74) is 0. The maximum absolute atomic E-state index is 12.2. The van der Waals surface area contributed by atoms with Gasteiger partial charge in [-0.1, -0.05) is 17.7 Å². The molecule has 0 radical (unpaired) electrons. The Balaban J connectivity index is 1.47. The monoisotopic (exact) mass is 377 g/mol. The smallest absolute Gasteiger partial charge is 0.246 e. The topological polar surface area (TPSA) is 73.1 Å². The summed E-state index contributed by atoms with van der Waals surface area (Å²) in [4.78, 5) is 16.0. The first-order valence-electron chi connectivity index (χ1n) is 7.56. The lowest BCUT2D eigenvalue weighted by molar-refractivity contribution is -0.131. The highest BCUT2D eigenvalue weighted by Crippen LogP contribution is 2.19. The minimum absolute atomic E-state index is 0.0375. The average molecular weight is 378 g/mol. The van der Waals surface area contributed by atoms with Crippen molar-refractivity contribution in [1.82, 2.24) is 25.1 Å². The van der Waals surface area contributed by atoms with E-state index in [0.29, 0.717) is 29.7 Å². The lowest BCUT2D eigenvalue weighted by Gasteiger charge is -2.17. The molecule has 130 valence electrons. The van der Waals surface area contributed by atoms with Gasteiger partial charge in [-0.15, -0.1) is 21.5 Å². The molecule has 0 atom stereocenters. The predicted octanol–water partition coefficient (Wildman–Crippen LogP) is 2.59. The van der Waals surface area contributed by atoms with E-state index in [4.69, 9.17) is 16.3 Å². The van der Waals surface area contributed by atoms with Crippen molar-refractivity contribution in [3.63, 3.8) is 0 Å². The summed E-state index contributed by atoms with van der Waals surface area (Å²) in [6.07, 6.45) is 0. The van der Waals surface area contributed by atoms with Gasteiger partial charge in [0.05, 0.1) is 11.4 Å². The molecule has 3 aromatic rings. The van der Waals surface area contributed by atoms with E-state index in [9.17, 15) is 4.79 Å². The number of amides is 1. The van der Waals surface area contributed by atoms with Gasteiger partial charge in [0.25, 0.3) is 0 Å². The van der Waals surface area contributed by atoms with Gasteiger partial charge in [-0.25, -0.2) is 0 Å². The maximum Gasteiger partial charge on any atom is 0.246 e. The lowest BCUT2D eigenvalue weighted by atomic mass is 10.3. The lowest BCUT2D eigenvalue weighted by Crippen LogP contribution is -2.34. The number of rotatable bonds is 7. The van der Waals surface area contributed by atoms with Gasteiger partial charge in [-0.05, 0) is 40.9 Å². The van der Waals surface area contributed by atoms with E-state index in [1.807, 2.05) is 17.5 Å². The van der Waals surface area contributed by atoms with Gasteiger partial charge in [-0.3, -0.25) is 4.79 Å². The van der Waals surface area contributed by atoms with E-state index in [-0.39, 0.29) is 12.5 Å². The molecule has 0 aliphatic carbocycles. The van der Waals surface area contributed by atoms with Crippen LogP contribution in [0.1, 0.15) is 0 Å².